The number of hydrogen-bond donors (Lipinski definition) is 0. The average molecular weight is 454 g/mol. The third-order valence-electron chi connectivity index (χ3n) is 7.22. The standard InChI is InChI=1S/C29H59NO2/c1-4-7-10-20-25-30(26-21-11-8-5-2,27-22-12-9-6-3)28-23-18-16-14-13-15-17-19-24-29(31)32/h4-28H2,1-3H3. The molecule has 0 fully saturated rings. The van der Waals surface area contributed by atoms with Crippen molar-refractivity contribution in [3.05, 3.63) is 0 Å². The van der Waals surface area contributed by atoms with Gasteiger partial charge in [-0.3, -0.25) is 0 Å². The molecule has 0 aromatic heterocycles. The van der Waals surface area contributed by atoms with E-state index < -0.39 is 5.97 Å². The molecule has 0 spiro atoms. The summed E-state index contributed by atoms with van der Waals surface area (Å²) < 4.78 is 1.40. The topological polar surface area (TPSA) is 40.1 Å². The summed E-state index contributed by atoms with van der Waals surface area (Å²) >= 11 is 0. The zero-order valence-corrected chi connectivity index (χ0v) is 22.4. The summed E-state index contributed by atoms with van der Waals surface area (Å²) in [5, 5.41) is 10.5. The van der Waals surface area contributed by atoms with Crippen LogP contribution in [0.25, 0.3) is 0 Å². The second-order valence-electron chi connectivity index (χ2n) is 10.4. The van der Waals surface area contributed by atoms with Gasteiger partial charge in [0.2, 0.25) is 0 Å². The molecule has 0 amide bonds. The molecule has 0 bridgehead atoms. The number of rotatable bonds is 26. The van der Waals surface area contributed by atoms with E-state index in [0.29, 0.717) is 0 Å². The maximum absolute atomic E-state index is 10.5. The fourth-order valence-corrected chi connectivity index (χ4v) is 5.07. The molecule has 0 saturated heterocycles. The Hall–Kier alpha value is -0.570. The zero-order valence-electron chi connectivity index (χ0n) is 22.4. The number of unbranched alkanes of at least 4 members (excludes halogenated alkanes) is 16. The molecule has 0 aliphatic carbocycles. The average Bonchev–Trinajstić information content (AvgIpc) is 2.78. The Morgan fingerprint density at radius 3 is 1.06 bits per heavy atom. The van der Waals surface area contributed by atoms with Crippen molar-refractivity contribution in [2.75, 3.05) is 26.2 Å². The second kappa shape index (κ2) is 23.6. The highest BCUT2D eigenvalue weighted by Gasteiger charge is 2.25. The Morgan fingerprint density at radius 2 is 0.750 bits per heavy atom. The van der Waals surface area contributed by atoms with Crippen molar-refractivity contribution in [2.45, 2.75) is 156 Å². The van der Waals surface area contributed by atoms with Crippen LogP contribution < -0.4 is 5.11 Å². The van der Waals surface area contributed by atoms with Crippen molar-refractivity contribution in [1.29, 1.82) is 0 Å². The lowest BCUT2D eigenvalue weighted by Gasteiger charge is -2.39. The molecule has 0 radical (unpaired) electrons. The Kier molecular flexibility index (Phi) is 23.2. The van der Waals surface area contributed by atoms with Crippen molar-refractivity contribution in [1.82, 2.24) is 0 Å². The summed E-state index contributed by atoms with van der Waals surface area (Å²) in [6.07, 6.45) is 26.6. The first kappa shape index (κ1) is 31.4. The third-order valence-corrected chi connectivity index (χ3v) is 7.22. The van der Waals surface area contributed by atoms with E-state index in [0.717, 1.165) is 12.8 Å². The monoisotopic (exact) mass is 453 g/mol. The van der Waals surface area contributed by atoms with E-state index in [4.69, 9.17) is 0 Å². The number of carbonyl (C=O) groups is 1. The maximum Gasteiger partial charge on any atom is 0.0786 e. The molecule has 0 aliphatic heterocycles. The van der Waals surface area contributed by atoms with E-state index in [1.54, 1.807) is 0 Å². The molecule has 0 rings (SSSR count). The summed E-state index contributed by atoms with van der Waals surface area (Å²) in [6.45, 7) is 12.6. The Morgan fingerprint density at radius 1 is 0.469 bits per heavy atom. The summed E-state index contributed by atoms with van der Waals surface area (Å²) in [5.74, 6) is -0.898. The summed E-state index contributed by atoms with van der Waals surface area (Å²) in [7, 11) is 0. The van der Waals surface area contributed by atoms with E-state index in [9.17, 15) is 9.90 Å². The maximum atomic E-state index is 10.5. The molecule has 3 nitrogen and oxygen atoms in total. The van der Waals surface area contributed by atoms with E-state index >= 15 is 0 Å². The van der Waals surface area contributed by atoms with Gasteiger partial charge in [0, 0.05) is 5.97 Å². The predicted molar refractivity (Wildman–Crippen MR) is 139 cm³/mol. The number of carbonyl (C=O) groups excluding carboxylic acids is 1. The minimum absolute atomic E-state index is 0.231. The molecule has 32 heavy (non-hydrogen) atoms. The molecular formula is C29H59NO2. The fourth-order valence-electron chi connectivity index (χ4n) is 5.07. The molecule has 0 atom stereocenters. The van der Waals surface area contributed by atoms with Crippen molar-refractivity contribution >= 4 is 5.97 Å². The van der Waals surface area contributed by atoms with E-state index in [-0.39, 0.29) is 6.42 Å². The van der Waals surface area contributed by atoms with Crippen LogP contribution in [0.3, 0.4) is 0 Å². The largest absolute Gasteiger partial charge is 0.550 e. The van der Waals surface area contributed by atoms with Gasteiger partial charge in [-0.05, 0) is 64.2 Å². The SMILES string of the molecule is CCCCCC[N+](CCCCCC)(CCCCCC)CCCCCCCCCCC(=O)[O-]. The number of carboxylic acids is 1. The highest BCUT2D eigenvalue weighted by atomic mass is 16.4. The van der Waals surface area contributed by atoms with Crippen LogP contribution in [0.15, 0.2) is 0 Å². The van der Waals surface area contributed by atoms with E-state index in [2.05, 4.69) is 20.8 Å². The first-order valence-electron chi connectivity index (χ1n) is 14.6. The molecule has 0 unspecified atom stereocenters. The fraction of sp³-hybridized carbons (Fsp3) is 0.966. The number of nitrogens with zero attached hydrogens (tertiary/aromatic N) is 1. The van der Waals surface area contributed by atoms with Gasteiger partial charge in [0.1, 0.15) is 0 Å². The quantitative estimate of drug-likeness (QED) is 0.0989. The normalized spacial score (nSPS) is 11.8. The summed E-state index contributed by atoms with van der Waals surface area (Å²) in [5.41, 5.74) is 0. The van der Waals surface area contributed by atoms with E-state index in [1.165, 1.54) is 146 Å². The first-order valence-corrected chi connectivity index (χ1v) is 14.6. The molecule has 0 aliphatic rings. The van der Waals surface area contributed by atoms with Crippen molar-refractivity contribution < 1.29 is 14.4 Å². The third kappa shape index (κ3) is 20.1. The van der Waals surface area contributed by atoms with Crippen molar-refractivity contribution in [2.24, 2.45) is 0 Å². The van der Waals surface area contributed by atoms with Gasteiger partial charge in [-0.2, -0.15) is 0 Å². The molecule has 0 saturated carbocycles. The van der Waals surface area contributed by atoms with Crippen LogP contribution in [0, 0.1) is 0 Å². The van der Waals surface area contributed by atoms with Gasteiger partial charge < -0.3 is 14.4 Å². The van der Waals surface area contributed by atoms with E-state index in [1.807, 2.05) is 0 Å². The minimum atomic E-state index is -0.898. The smallest absolute Gasteiger partial charge is 0.0786 e. The molecule has 3 heteroatoms. The highest BCUT2D eigenvalue weighted by Crippen LogP contribution is 2.20. The Bertz CT molecular complexity index is 365. The molecule has 0 aromatic rings. The number of carboxylic acid groups (broad SMARTS) is 1. The van der Waals surface area contributed by atoms with Gasteiger partial charge in [-0.15, -0.1) is 0 Å². The lowest BCUT2D eigenvalue weighted by atomic mass is 10.0. The van der Waals surface area contributed by atoms with Gasteiger partial charge in [0.05, 0.1) is 26.2 Å². The number of quaternary nitrogens is 1. The van der Waals surface area contributed by atoms with Crippen LogP contribution in [0.1, 0.15) is 156 Å². The van der Waals surface area contributed by atoms with Gasteiger partial charge in [0.15, 0.2) is 0 Å². The Balaban J connectivity index is 4.43. The molecular weight excluding hydrogens is 394 g/mol. The lowest BCUT2D eigenvalue weighted by Crippen LogP contribution is -2.50. The van der Waals surface area contributed by atoms with Crippen LogP contribution in [0.4, 0.5) is 0 Å². The predicted octanol–water partition coefficient (Wildman–Crippen LogP) is 7.80. The first-order chi connectivity index (χ1) is 15.6. The lowest BCUT2D eigenvalue weighted by molar-refractivity contribution is -0.929. The van der Waals surface area contributed by atoms with Crippen LogP contribution >= 0.6 is 0 Å². The number of aliphatic carboxylic acids is 1. The molecule has 0 aromatic carbocycles. The highest BCUT2D eigenvalue weighted by molar-refractivity contribution is 5.63. The van der Waals surface area contributed by atoms with Crippen LogP contribution in [0.2, 0.25) is 0 Å². The van der Waals surface area contributed by atoms with Crippen molar-refractivity contribution in [3.8, 4) is 0 Å². The van der Waals surface area contributed by atoms with Gasteiger partial charge in [-0.1, -0.05) is 91.4 Å². The number of hydrogen-bond acceptors (Lipinski definition) is 2. The van der Waals surface area contributed by atoms with Crippen molar-refractivity contribution in [3.63, 3.8) is 0 Å². The van der Waals surface area contributed by atoms with Gasteiger partial charge in [0.25, 0.3) is 0 Å². The van der Waals surface area contributed by atoms with Gasteiger partial charge in [-0.25, -0.2) is 0 Å². The summed E-state index contributed by atoms with van der Waals surface area (Å²) in [4.78, 5) is 10.5. The van der Waals surface area contributed by atoms with Crippen LogP contribution in [-0.4, -0.2) is 36.6 Å². The Labute approximate surface area is 202 Å². The zero-order chi connectivity index (χ0) is 23.8. The van der Waals surface area contributed by atoms with Crippen LogP contribution in [-0.2, 0) is 4.79 Å². The van der Waals surface area contributed by atoms with Gasteiger partial charge >= 0.3 is 0 Å². The molecule has 0 N–H and O–H groups in total. The molecule has 0 heterocycles. The summed E-state index contributed by atoms with van der Waals surface area (Å²) in [6, 6.07) is 0. The minimum Gasteiger partial charge on any atom is -0.550 e. The van der Waals surface area contributed by atoms with Crippen LogP contribution in [0.5, 0.6) is 0 Å². The molecule has 192 valence electrons. The second-order valence-corrected chi connectivity index (χ2v) is 10.4.